The fourth-order valence-electron chi connectivity index (χ4n) is 0.830. The molecule has 0 amide bonds. The van der Waals surface area contributed by atoms with Crippen molar-refractivity contribution in [3.8, 4) is 0 Å². The van der Waals surface area contributed by atoms with Crippen LogP contribution in [0.15, 0.2) is 5.16 Å². The number of carbonyl (C=O) groups excluding carboxylic acids is 1. The zero-order valence-electron chi connectivity index (χ0n) is 9.84. The van der Waals surface area contributed by atoms with Gasteiger partial charge in [-0.05, 0) is 0 Å². The van der Waals surface area contributed by atoms with Gasteiger partial charge >= 0.3 is 22.1 Å². The second-order valence-corrected chi connectivity index (χ2v) is 5.50. The Morgan fingerprint density at radius 1 is 1.50 bits per heavy atom. The fourth-order valence-corrected chi connectivity index (χ4v) is 1.62. The van der Waals surface area contributed by atoms with E-state index in [0.717, 1.165) is 0 Å². The molecule has 0 spiro atoms. The van der Waals surface area contributed by atoms with E-state index in [4.69, 9.17) is 10.8 Å². The Balaban J connectivity index is 3.01. The number of hydrogen-bond donors (Lipinski definition) is 2. The molecule has 1 aromatic rings. The second kappa shape index (κ2) is 6.25. The van der Waals surface area contributed by atoms with Crippen molar-refractivity contribution in [1.29, 1.82) is 0 Å². The zero-order chi connectivity index (χ0) is 15.3. The van der Waals surface area contributed by atoms with Gasteiger partial charge in [-0.15, -0.1) is 0 Å². The standard InChI is InChI=1S/C7H8N4O7S2/c1-20(15,16)18-6(14)4(10-17-2-3(12)13)5-9-7(8)19-11-5/h2H2,1H3,(H,12,13)(H2,8,9,11). The summed E-state index contributed by atoms with van der Waals surface area (Å²) in [5, 5.41) is 11.5. The minimum absolute atomic E-state index is 0.0157. The molecule has 3 N–H and O–H groups in total. The molecule has 0 bridgehead atoms. The molecule has 0 aliphatic rings. The molecule has 13 heteroatoms. The third-order valence-corrected chi connectivity index (χ3v) is 2.41. The fraction of sp³-hybridized carbons (Fsp3) is 0.286. The predicted octanol–water partition coefficient (Wildman–Crippen LogP) is -1.57. The molecule has 0 fully saturated rings. The molecule has 0 atom stereocenters. The summed E-state index contributed by atoms with van der Waals surface area (Å²) in [5.41, 5.74) is 4.59. The van der Waals surface area contributed by atoms with E-state index in [-0.39, 0.29) is 11.0 Å². The summed E-state index contributed by atoms with van der Waals surface area (Å²) in [6.07, 6.45) is 0.642. The van der Waals surface area contributed by atoms with Crippen molar-refractivity contribution >= 4 is 44.4 Å². The first-order valence-electron chi connectivity index (χ1n) is 4.64. The van der Waals surface area contributed by atoms with E-state index in [1.165, 1.54) is 0 Å². The lowest BCUT2D eigenvalue weighted by Gasteiger charge is -2.02. The number of nitrogens with zero attached hydrogens (tertiary/aromatic N) is 3. The molecule has 0 unspecified atom stereocenters. The van der Waals surface area contributed by atoms with Crippen molar-refractivity contribution < 1.29 is 32.1 Å². The average molecular weight is 324 g/mol. The van der Waals surface area contributed by atoms with Crippen LogP contribution >= 0.6 is 11.5 Å². The Morgan fingerprint density at radius 2 is 2.15 bits per heavy atom. The van der Waals surface area contributed by atoms with Gasteiger partial charge in [-0.1, -0.05) is 5.16 Å². The van der Waals surface area contributed by atoms with E-state index in [1.807, 2.05) is 0 Å². The lowest BCUT2D eigenvalue weighted by molar-refractivity contribution is -0.142. The SMILES string of the molecule is CS(=O)(=O)OC(=O)C(=NOCC(=O)O)c1nsc(N)n1. The molecular formula is C7H8N4O7S2. The number of nitrogen functional groups attached to an aromatic ring is 1. The van der Waals surface area contributed by atoms with Gasteiger partial charge in [0.05, 0.1) is 6.26 Å². The van der Waals surface area contributed by atoms with Gasteiger partial charge in [-0.25, -0.2) is 9.59 Å². The lowest BCUT2D eigenvalue weighted by atomic mass is 10.4. The van der Waals surface area contributed by atoms with Gasteiger partial charge < -0.3 is 19.9 Å². The van der Waals surface area contributed by atoms with E-state index in [0.29, 0.717) is 17.8 Å². The van der Waals surface area contributed by atoms with Crippen molar-refractivity contribution in [2.45, 2.75) is 0 Å². The zero-order valence-corrected chi connectivity index (χ0v) is 11.5. The molecule has 11 nitrogen and oxygen atoms in total. The molecule has 1 heterocycles. The minimum atomic E-state index is -4.10. The maximum Gasteiger partial charge on any atom is 0.379 e. The normalized spacial score (nSPS) is 11.9. The summed E-state index contributed by atoms with van der Waals surface area (Å²) >= 11 is 0.715. The molecule has 1 rings (SSSR count). The molecule has 0 saturated carbocycles. The summed E-state index contributed by atoms with van der Waals surface area (Å²) < 4.78 is 29.4. The van der Waals surface area contributed by atoms with Crippen LogP contribution in [0.25, 0.3) is 0 Å². The van der Waals surface area contributed by atoms with Crippen molar-refractivity contribution in [1.82, 2.24) is 9.36 Å². The number of rotatable bonds is 6. The molecule has 0 aliphatic heterocycles. The minimum Gasteiger partial charge on any atom is -0.479 e. The Bertz CT molecular complexity index is 650. The van der Waals surface area contributed by atoms with Gasteiger partial charge in [0.25, 0.3) is 0 Å². The maximum atomic E-state index is 11.6. The Labute approximate surface area is 116 Å². The van der Waals surface area contributed by atoms with Crippen molar-refractivity contribution in [2.75, 3.05) is 18.6 Å². The van der Waals surface area contributed by atoms with Crippen LogP contribution in [0.1, 0.15) is 5.82 Å². The largest absolute Gasteiger partial charge is 0.479 e. The monoisotopic (exact) mass is 324 g/mol. The number of anilines is 1. The highest BCUT2D eigenvalue weighted by Crippen LogP contribution is 2.08. The quantitative estimate of drug-likeness (QED) is 0.353. The third-order valence-electron chi connectivity index (χ3n) is 1.42. The number of carbonyl (C=O) groups is 2. The lowest BCUT2D eigenvalue weighted by Crippen LogP contribution is -2.23. The van der Waals surface area contributed by atoms with E-state index >= 15 is 0 Å². The summed E-state index contributed by atoms with van der Waals surface area (Å²) in [5.74, 6) is -3.11. The predicted molar refractivity (Wildman–Crippen MR) is 65.4 cm³/mol. The van der Waals surface area contributed by atoms with Crippen LogP contribution in [0, 0.1) is 0 Å². The van der Waals surface area contributed by atoms with Gasteiger partial charge in [0.15, 0.2) is 5.13 Å². The highest BCUT2D eigenvalue weighted by Gasteiger charge is 2.25. The number of oxime groups is 1. The number of hydrogen-bond acceptors (Lipinski definition) is 11. The topological polar surface area (TPSA) is 171 Å². The summed E-state index contributed by atoms with van der Waals surface area (Å²) in [4.78, 5) is 29.8. The third kappa shape index (κ3) is 5.15. The molecule has 110 valence electrons. The van der Waals surface area contributed by atoms with Gasteiger partial charge in [0, 0.05) is 11.5 Å². The molecule has 20 heavy (non-hydrogen) atoms. The molecular weight excluding hydrogens is 316 g/mol. The van der Waals surface area contributed by atoms with Crippen LogP contribution in [-0.4, -0.2) is 53.4 Å². The van der Waals surface area contributed by atoms with Crippen LogP contribution in [0.3, 0.4) is 0 Å². The molecule has 1 aromatic heterocycles. The Hall–Kier alpha value is -2.28. The first kappa shape index (κ1) is 15.8. The highest BCUT2D eigenvalue weighted by molar-refractivity contribution is 7.86. The first-order valence-corrected chi connectivity index (χ1v) is 7.23. The van der Waals surface area contributed by atoms with Crippen LogP contribution < -0.4 is 5.73 Å². The van der Waals surface area contributed by atoms with E-state index in [2.05, 4.69) is 23.5 Å². The van der Waals surface area contributed by atoms with Crippen LogP contribution in [0.5, 0.6) is 0 Å². The number of aromatic nitrogens is 2. The number of nitrogens with two attached hydrogens (primary N) is 1. The van der Waals surface area contributed by atoms with Crippen LogP contribution in [-0.2, 0) is 28.7 Å². The van der Waals surface area contributed by atoms with Crippen molar-refractivity contribution in [3.05, 3.63) is 5.82 Å². The van der Waals surface area contributed by atoms with Crippen LogP contribution in [0.2, 0.25) is 0 Å². The number of aliphatic carboxylic acids is 1. The summed E-state index contributed by atoms with van der Waals surface area (Å²) in [6, 6.07) is 0. The number of carboxylic acids is 1. The van der Waals surface area contributed by atoms with Gasteiger partial charge in [0.1, 0.15) is 0 Å². The summed E-state index contributed by atoms with van der Waals surface area (Å²) in [6.45, 7) is -0.852. The van der Waals surface area contributed by atoms with Crippen molar-refractivity contribution in [2.24, 2.45) is 5.16 Å². The summed E-state index contributed by atoms with van der Waals surface area (Å²) in [7, 11) is -4.10. The second-order valence-electron chi connectivity index (χ2n) is 3.14. The van der Waals surface area contributed by atoms with Gasteiger partial charge in [-0.3, -0.25) is 0 Å². The van der Waals surface area contributed by atoms with Gasteiger partial charge in [0.2, 0.25) is 18.1 Å². The highest BCUT2D eigenvalue weighted by atomic mass is 32.2. The molecule has 0 aromatic carbocycles. The van der Waals surface area contributed by atoms with Gasteiger partial charge in [-0.2, -0.15) is 17.8 Å². The molecule has 0 aliphatic carbocycles. The molecule has 0 radical (unpaired) electrons. The Morgan fingerprint density at radius 3 is 2.60 bits per heavy atom. The average Bonchev–Trinajstić information content (AvgIpc) is 2.68. The molecule has 0 saturated heterocycles. The van der Waals surface area contributed by atoms with E-state index in [1.54, 1.807) is 0 Å². The maximum absolute atomic E-state index is 11.6. The smallest absolute Gasteiger partial charge is 0.379 e. The number of carboxylic acid groups (broad SMARTS) is 1. The van der Waals surface area contributed by atoms with Crippen molar-refractivity contribution in [3.63, 3.8) is 0 Å². The Kier molecular flexibility index (Phi) is 4.93. The van der Waals surface area contributed by atoms with Crippen LogP contribution in [0.4, 0.5) is 5.13 Å². The first-order chi connectivity index (χ1) is 9.19. The van der Waals surface area contributed by atoms with E-state index < -0.39 is 34.4 Å². The van der Waals surface area contributed by atoms with E-state index in [9.17, 15) is 18.0 Å².